The number of fused-ring (bicyclic) bond motifs is 8. The smallest absolute Gasteiger partial charge is 0.223 e. The topological polar surface area (TPSA) is 42.1 Å². The quantitative estimate of drug-likeness (QED) is 0.114. The Balaban J connectivity index is 0.873. The molecule has 0 fully saturated rings. The molecule has 4 aromatic heterocycles. The summed E-state index contributed by atoms with van der Waals surface area (Å²) in [6.45, 7) is 0. The molecule has 0 saturated carbocycles. The first-order valence-corrected chi connectivity index (χ1v) is 31.0. The second kappa shape index (κ2) is 20.7. The Morgan fingerprint density at radius 1 is 0.259 bits per heavy atom. The van der Waals surface area contributed by atoms with E-state index in [9.17, 15) is 0 Å². The van der Waals surface area contributed by atoms with Crippen LogP contribution in [0, 0.1) is 0 Å². The Morgan fingerprint density at radius 3 is 1.01 bits per heavy atom. The van der Waals surface area contributed by atoms with Crippen LogP contribution in [0.25, 0.3) is 76.5 Å². The molecular formula is C78H54N6Si. The third-order valence-electron chi connectivity index (χ3n) is 17.1. The summed E-state index contributed by atoms with van der Waals surface area (Å²) >= 11 is 0. The van der Waals surface area contributed by atoms with Crippen molar-refractivity contribution >= 4 is 128 Å². The van der Waals surface area contributed by atoms with Crippen LogP contribution in [-0.2, 0) is 0 Å². The number of hydrogen-bond donors (Lipinski definition) is 0. The van der Waals surface area contributed by atoms with Crippen molar-refractivity contribution in [3.63, 3.8) is 0 Å². The molecule has 6 nitrogen and oxygen atoms in total. The van der Waals surface area contributed by atoms with Crippen LogP contribution in [0.2, 0.25) is 0 Å². The zero-order valence-electron chi connectivity index (χ0n) is 46.4. The molecule has 85 heavy (non-hydrogen) atoms. The molecule has 0 saturated heterocycles. The zero-order valence-corrected chi connectivity index (χ0v) is 47.4. The fourth-order valence-electron chi connectivity index (χ4n) is 13.3. The van der Waals surface area contributed by atoms with Crippen LogP contribution in [0.5, 0.6) is 0 Å². The SMILES string of the molecule is c1ccc(-n2c3ccccc3c3cc(N(c4ccc([Si](c5ccccc5)(c5ccccc5)c5ccc(N(c6ccc7c(c6)c6ccccc6n7-c6ccccc6)c6cccc7ccccc67)cn5)nc4)c4cccc5ccccc45)ccc32)cc1. The van der Waals surface area contributed by atoms with E-state index in [1.165, 1.54) is 53.7 Å². The maximum Gasteiger partial charge on any atom is 0.223 e. The predicted octanol–water partition coefficient (Wildman–Crippen LogP) is 17.3. The third-order valence-corrected chi connectivity index (χ3v) is 21.6. The standard InChI is InChI=1S/C78H54N6Si/c1-5-27-57(28-6-1)83-73-39-19-17-37-67(73)69-51-59(43-47-75(69)83)81(71-41-21-25-55-23-13-15-35-65(55)71)61-45-49-77(79-53-61)85(63-31-9-3-10-32-63,64-33-11-4-12-34-64)78-50-46-62(54-80-78)82(72-42-22-26-56-24-14-16-36-66(56)72)60-44-48-76-70(52-60)68-38-18-20-40-74(68)84(76)58-29-7-2-8-30-58/h1-54H. The van der Waals surface area contributed by atoms with Gasteiger partial charge in [0.1, 0.15) is 0 Å². The lowest BCUT2D eigenvalue weighted by Crippen LogP contribution is -2.76. The van der Waals surface area contributed by atoms with Crippen LogP contribution in [0.1, 0.15) is 0 Å². The van der Waals surface area contributed by atoms with Crippen molar-refractivity contribution in [3.8, 4) is 11.4 Å². The molecule has 12 aromatic carbocycles. The fourth-order valence-corrected chi connectivity index (χ4v) is 17.7. The van der Waals surface area contributed by atoms with Gasteiger partial charge < -0.3 is 18.9 Å². The minimum Gasteiger partial charge on any atom is -0.309 e. The molecule has 0 radical (unpaired) electrons. The van der Waals surface area contributed by atoms with Gasteiger partial charge in [0.05, 0.1) is 57.2 Å². The van der Waals surface area contributed by atoms with Crippen molar-refractivity contribution in [3.05, 3.63) is 328 Å². The van der Waals surface area contributed by atoms with Crippen LogP contribution in [0.3, 0.4) is 0 Å². The van der Waals surface area contributed by atoms with Crippen LogP contribution in [0.15, 0.2) is 328 Å². The summed E-state index contributed by atoms with van der Waals surface area (Å²) < 4.78 is 4.75. The van der Waals surface area contributed by atoms with Crippen LogP contribution < -0.4 is 30.8 Å². The van der Waals surface area contributed by atoms with Gasteiger partial charge in [0.25, 0.3) is 0 Å². The molecular weight excluding hydrogens is 1050 g/mol. The van der Waals surface area contributed by atoms with Gasteiger partial charge in [-0.1, -0.05) is 206 Å². The van der Waals surface area contributed by atoms with Gasteiger partial charge in [0.15, 0.2) is 0 Å². The maximum atomic E-state index is 5.72. The summed E-state index contributed by atoms with van der Waals surface area (Å²) in [5.74, 6) is 0. The van der Waals surface area contributed by atoms with Gasteiger partial charge in [-0.2, -0.15) is 0 Å². The molecule has 0 unspecified atom stereocenters. The molecule has 16 aromatic rings. The summed E-state index contributed by atoms with van der Waals surface area (Å²) in [5, 5.41) is 13.7. The van der Waals surface area contributed by atoms with Crippen LogP contribution in [0.4, 0.5) is 34.1 Å². The van der Waals surface area contributed by atoms with Crippen molar-refractivity contribution in [2.45, 2.75) is 0 Å². The predicted molar refractivity (Wildman–Crippen MR) is 359 cm³/mol. The van der Waals surface area contributed by atoms with Gasteiger partial charge >= 0.3 is 0 Å². The third kappa shape index (κ3) is 8.23. The highest BCUT2D eigenvalue weighted by atomic mass is 28.3. The highest BCUT2D eigenvalue weighted by Crippen LogP contribution is 2.44. The average Bonchev–Trinajstić information content (AvgIpc) is 4.06. The lowest BCUT2D eigenvalue weighted by molar-refractivity contribution is 1.18. The van der Waals surface area contributed by atoms with Crippen LogP contribution >= 0.6 is 0 Å². The Hall–Kier alpha value is -11.1. The first-order chi connectivity index (χ1) is 42.2. The van der Waals surface area contributed by atoms with E-state index in [1.807, 2.05) is 0 Å². The van der Waals surface area contributed by atoms with Gasteiger partial charge in [0.2, 0.25) is 8.07 Å². The number of para-hydroxylation sites is 4. The average molecular weight is 1100 g/mol. The minimum absolute atomic E-state index is 0.952. The van der Waals surface area contributed by atoms with Gasteiger partial charge in [-0.05, 0) is 130 Å². The number of anilines is 6. The van der Waals surface area contributed by atoms with E-state index in [0.29, 0.717) is 0 Å². The molecule has 0 N–H and O–H groups in total. The molecule has 0 aliphatic heterocycles. The highest BCUT2D eigenvalue weighted by Gasteiger charge is 2.45. The Morgan fingerprint density at radius 2 is 0.600 bits per heavy atom. The Bertz CT molecular complexity index is 4790. The van der Waals surface area contributed by atoms with E-state index in [-0.39, 0.29) is 0 Å². The fraction of sp³-hybridized carbons (Fsp3) is 0. The van der Waals surface area contributed by atoms with E-state index < -0.39 is 8.07 Å². The number of hydrogen-bond acceptors (Lipinski definition) is 4. The molecule has 7 heteroatoms. The molecule has 0 bridgehead atoms. The second-order valence-corrected chi connectivity index (χ2v) is 25.4. The zero-order chi connectivity index (χ0) is 56.3. The Labute approximate surface area is 493 Å². The van der Waals surface area contributed by atoms with E-state index in [2.05, 4.69) is 347 Å². The van der Waals surface area contributed by atoms with Gasteiger partial charge in [-0.3, -0.25) is 9.97 Å². The summed E-state index contributed by atoms with van der Waals surface area (Å²) in [5.41, 5.74) is 13.0. The number of pyridine rings is 2. The molecule has 0 spiro atoms. The lowest BCUT2D eigenvalue weighted by Gasteiger charge is -2.33. The lowest BCUT2D eigenvalue weighted by atomic mass is 10.1. The summed E-state index contributed by atoms with van der Waals surface area (Å²) in [6, 6.07) is 114. The molecule has 400 valence electrons. The molecule has 0 amide bonds. The summed E-state index contributed by atoms with van der Waals surface area (Å²) in [6.07, 6.45) is 4.17. The Kier molecular flexibility index (Phi) is 12.1. The summed E-state index contributed by atoms with van der Waals surface area (Å²) in [7, 11) is -3.28. The first kappa shape index (κ1) is 49.7. The second-order valence-electron chi connectivity index (χ2n) is 21.7. The molecule has 0 atom stereocenters. The van der Waals surface area contributed by atoms with E-state index in [1.54, 1.807) is 0 Å². The number of benzene rings is 12. The minimum atomic E-state index is -3.28. The van der Waals surface area contributed by atoms with Crippen molar-refractivity contribution in [2.24, 2.45) is 0 Å². The van der Waals surface area contributed by atoms with E-state index >= 15 is 0 Å². The van der Waals surface area contributed by atoms with Gasteiger partial charge in [-0.25, -0.2) is 0 Å². The molecule has 4 heterocycles. The number of aromatic nitrogens is 4. The number of nitrogens with zero attached hydrogens (tertiary/aromatic N) is 6. The van der Waals surface area contributed by atoms with Crippen molar-refractivity contribution in [1.82, 2.24) is 19.1 Å². The monoisotopic (exact) mass is 1100 g/mol. The molecule has 0 aliphatic carbocycles. The first-order valence-electron chi connectivity index (χ1n) is 29.0. The van der Waals surface area contributed by atoms with Crippen molar-refractivity contribution in [1.29, 1.82) is 0 Å². The summed E-state index contributed by atoms with van der Waals surface area (Å²) in [4.78, 5) is 16.2. The maximum absolute atomic E-state index is 5.72. The van der Waals surface area contributed by atoms with Gasteiger partial charge in [0, 0.05) is 65.7 Å². The van der Waals surface area contributed by atoms with E-state index in [0.717, 1.165) is 77.9 Å². The van der Waals surface area contributed by atoms with Crippen LogP contribution in [-0.4, -0.2) is 27.2 Å². The van der Waals surface area contributed by atoms with E-state index in [4.69, 9.17) is 9.97 Å². The molecule has 0 aliphatic rings. The van der Waals surface area contributed by atoms with Crippen molar-refractivity contribution < 1.29 is 0 Å². The largest absolute Gasteiger partial charge is 0.309 e. The highest BCUT2D eigenvalue weighted by molar-refractivity contribution is 7.19. The molecule has 16 rings (SSSR count). The van der Waals surface area contributed by atoms with Gasteiger partial charge in [-0.15, -0.1) is 0 Å². The number of rotatable bonds is 12. The normalized spacial score (nSPS) is 11.8. The van der Waals surface area contributed by atoms with Crippen molar-refractivity contribution in [2.75, 3.05) is 9.80 Å².